The SMILES string of the molecule is CC1CC(C)(C)Nc2cc3c(cc21)C(c1ccccc1C(=O)N(C)CCCC(=O)NCCCCCCNc1ncnc2c1ncn2[C@@H]1O[C@H](COP(=O)(O)OP(=O)(O)OP(=O)([O-])O)[C@@H](O)[C@H]1O)=c1cc2c(cc1O3)=[NH+]C(C)(C)CC2C. The van der Waals surface area contributed by atoms with E-state index in [1.165, 1.54) is 28.3 Å². The second-order valence-corrected chi connectivity index (χ2v) is 27.0. The molecule has 2 aromatic heterocycles. The monoisotopic (exact) mass is 1180 g/mol. The molecule has 0 radical (unpaired) electrons. The summed E-state index contributed by atoms with van der Waals surface area (Å²) in [6.07, 6.45) is 2.08. The second kappa shape index (κ2) is 23.6. The quantitative estimate of drug-likeness (QED) is 0.0344. The molecule has 0 spiro atoms. The first kappa shape index (κ1) is 60.1. The fraction of sp³-hybridized carbons (Fsp3) is 0.509. The molecule has 438 valence electrons. The van der Waals surface area contributed by atoms with E-state index in [-0.39, 0.29) is 35.0 Å². The third-order valence-electron chi connectivity index (χ3n) is 14.9. The number of aromatic nitrogens is 4. The molecule has 0 bridgehead atoms. The van der Waals surface area contributed by atoms with Crippen LogP contribution in [0, 0.1) is 0 Å². The minimum atomic E-state index is -5.86. The Morgan fingerprint density at radius 3 is 2.36 bits per heavy atom. The van der Waals surface area contributed by atoms with Gasteiger partial charge in [0.25, 0.3) is 13.7 Å². The average Bonchev–Trinajstić information content (AvgIpc) is 4.06. The molecule has 4 aliphatic rings. The van der Waals surface area contributed by atoms with E-state index in [1.807, 2.05) is 24.3 Å². The van der Waals surface area contributed by atoms with Crippen LogP contribution in [0.25, 0.3) is 16.7 Å². The molecule has 6 heterocycles. The van der Waals surface area contributed by atoms with Gasteiger partial charge in [0.05, 0.1) is 19.0 Å². The Hall–Kier alpha value is -5.49. The number of nitrogens with one attached hydrogen (secondary N) is 4. The lowest BCUT2D eigenvalue weighted by molar-refractivity contribution is -0.588. The molecule has 3 aromatic carbocycles. The van der Waals surface area contributed by atoms with Crippen molar-refractivity contribution in [1.29, 1.82) is 0 Å². The number of benzene rings is 3. The molecule has 9 rings (SSSR count). The third-order valence-corrected chi connectivity index (χ3v) is 18.7. The van der Waals surface area contributed by atoms with Gasteiger partial charge >= 0.3 is 15.6 Å². The van der Waals surface area contributed by atoms with E-state index in [0.717, 1.165) is 83.0 Å². The maximum absolute atomic E-state index is 14.5. The van der Waals surface area contributed by atoms with Gasteiger partial charge in [0.2, 0.25) is 11.3 Å². The van der Waals surface area contributed by atoms with E-state index in [1.54, 1.807) is 11.9 Å². The number of carbonyl (C=O) groups excluding carboxylic acids is 2. The Morgan fingerprint density at radius 2 is 1.60 bits per heavy atom. The van der Waals surface area contributed by atoms with Crippen LogP contribution < -0.4 is 41.1 Å². The molecule has 28 heteroatoms. The zero-order valence-corrected chi connectivity index (χ0v) is 48.7. The highest BCUT2D eigenvalue weighted by Crippen LogP contribution is 2.65. The molecule has 4 aliphatic heterocycles. The molecule has 5 unspecified atom stereocenters. The van der Waals surface area contributed by atoms with Crippen molar-refractivity contribution in [2.75, 3.05) is 43.9 Å². The highest BCUT2D eigenvalue weighted by Gasteiger charge is 2.47. The van der Waals surface area contributed by atoms with E-state index >= 15 is 0 Å². The van der Waals surface area contributed by atoms with Crippen molar-refractivity contribution in [3.8, 4) is 11.5 Å². The molecule has 0 saturated carbocycles. The fourth-order valence-electron chi connectivity index (χ4n) is 11.4. The molecule has 1 saturated heterocycles. The van der Waals surface area contributed by atoms with Gasteiger partial charge in [0, 0.05) is 84.3 Å². The van der Waals surface area contributed by atoms with Gasteiger partial charge in [-0.05, 0) is 94.5 Å². The number of fused-ring (bicyclic) bond motifs is 5. The molecule has 81 heavy (non-hydrogen) atoms. The summed E-state index contributed by atoms with van der Waals surface area (Å²) in [5.41, 5.74) is 7.10. The smallest absolute Gasteiger partial charge is 0.487 e. The third kappa shape index (κ3) is 14.0. The summed E-state index contributed by atoms with van der Waals surface area (Å²) < 4.78 is 60.2. The number of anilines is 2. The first-order chi connectivity index (χ1) is 38.1. The van der Waals surface area contributed by atoms with E-state index in [2.05, 4.69) is 115 Å². The first-order valence-corrected chi connectivity index (χ1v) is 31.4. The molecular weight excluding hydrogens is 1110 g/mol. The summed E-state index contributed by atoms with van der Waals surface area (Å²) in [5, 5.41) is 33.4. The lowest BCUT2D eigenvalue weighted by Gasteiger charge is -2.38. The number of unbranched alkanes of at least 4 members (excludes halogenated alkanes) is 3. The molecule has 0 aliphatic carbocycles. The van der Waals surface area contributed by atoms with E-state index in [0.29, 0.717) is 54.8 Å². The largest absolute Gasteiger partial charge is 0.756 e. The standard InChI is InChI=1S/C53H70N9O16P3/c1-30-25-52(3,4)59-38-23-40-36(21-34(30)38)44(37-22-35-31(2)26-53(5,6)60-39(35)24-41(37)75-40)32-15-10-11-16-33(32)50(66)61(7)20-14-17-43(63)54-18-12-8-9-13-19-55-48-45-49(57-28-56-48)62(29-58-45)51-47(65)46(64)42(76-51)27-74-80(70,71)78-81(72,73)77-79(67,68)69/h10-11,15-16,21-24,28-31,42,46-47,51,59,64-65H,8-9,12-14,17-20,25-27H2,1-7H3,(H,54,63)(H,70,71)(H,72,73)(H,55,56,57)(H2,67,68,69)/t30?,31?,42-,46-,47-,51-/m1/s1. The first-order valence-electron chi connectivity index (χ1n) is 26.9. The molecule has 2 amide bonds. The van der Waals surface area contributed by atoms with Gasteiger partial charge in [0.15, 0.2) is 28.7 Å². The van der Waals surface area contributed by atoms with Crippen molar-refractivity contribution in [3.63, 3.8) is 0 Å². The Bertz CT molecular complexity index is 3500. The zero-order valence-electron chi connectivity index (χ0n) is 46.0. The molecule has 9 atom stereocenters. The number of imidazole rings is 1. The van der Waals surface area contributed by atoms with E-state index in [4.69, 9.17) is 14.4 Å². The normalized spacial score (nSPS) is 23.6. The number of rotatable bonds is 22. The van der Waals surface area contributed by atoms with Crippen molar-refractivity contribution in [2.45, 2.75) is 140 Å². The highest BCUT2D eigenvalue weighted by atomic mass is 31.3. The van der Waals surface area contributed by atoms with Gasteiger partial charge in [-0.25, -0.2) is 33.4 Å². The van der Waals surface area contributed by atoms with Crippen molar-refractivity contribution < 1.29 is 80.7 Å². The summed E-state index contributed by atoms with van der Waals surface area (Å²) in [4.78, 5) is 84.3. The lowest BCUT2D eigenvalue weighted by atomic mass is 9.79. The number of phosphoric acid groups is 3. The van der Waals surface area contributed by atoms with Gasteiger partial charge in [-0.3, -0.25) is 23.2 Å². The Balaban J connectivity index is 0.747. The number of carbonyl (C=O) groups is 2. The zero-order chi connectivity index (χ0) is 58.4. The van der Waals surface area contributed by atoms with Crippen LogP contribution in [0.15, 0.2) is 61.2 Å². The van der Waals surface area contributed by atoms with Crippen LogP contribution in [0.3, 0.4) is 0 Å². The summed E-state index contributed by atoms with van der Waals surface area (Å²) in [5.74, 6) is 2.20. The number of ether oxygens (including phenoxy) is 2. The van der Waals surface area contributed by atoms with Crippen LogP contribution in [0.4, 0.5) is 11.5 Å². The van der Waals surface area contributed by atoms with Crippen LogP contribution in [0.5, 0.6) is 11.5 Å². The minimum Gasteiger partial charge on any atom is -0.756 e. The summed E-state index contributed by atoms with van der Waals surface area (Å²) in [7, 11) is -15.5. The van der Waals surface area contributed by atoms with E-state index < -0.39 is 54.6 Å². The predicted molar refractivity (Wildman–Crippen MR) is 293 cm³/mol. The Morgan fingerprint density at radius 1 is 0.877 bits per heavy atom. The van der Waals surface area contributed by atoms with Crippen molar-refractivity contribution in [2.24, 2.45) is 0 Å². The van der Waals surface area contributed by atoms with Gasteiger partial charge in [-0.15, -0.1) is 0 Å². The lowest BCUT2D eigenvalue weighted by Crippen LogP contribution is -2.90. The van der Waals surface area contributed by atoms with Gasteiger partial charge in [-0.2, -0.15) is 4.31 Å². The number of hydrogen-bond donors (Lipinski definition) is 9. The van der Waals surface area contributed by atoms with Gasteiger partial charge in [-0.1, -0.05) is 44.9 Å². The number of amides is 2. The summed E-state index contributed by atoms with van der Waals surface area (Å²) in [6.45, 7) is 13.8. The van der Waals surface area contributed by atoms with Crippen LogP contribution >= 0.6 is 23.5 Å². The van der Waals surface area contributed by atoms with Crippen molar-refractivity contribution in [3.05, 3.63) is 99.6 Å². The maximum Gasteiger partial charge on any atom is 0.487 e. The van der Waals surface area contributed by atoms with Crippen LogP contribution in [-0.2, 0) is 36.4 Å². The number of hydrogen-bond acceptors (Lipinski definition) is 18. The van der Waals surface area contributed by atoms with Crippen LogP contribution in [-0.4, -0.2) is 124 Å². The van der Waals surface area contributed by atoms with E-state index in [9.17, 15) is 48.2 Å². The Kier molecular flexibility index (Phi) is 17.5. The fourth-order valence-corrected chi connectivity index (χ4v) is 14.4. The highest BCUT2D eigenvalue weighted by molar-refractivity contribution is 7.66. The maximum atomic E-state index is 14.5. The number of phosphoric ester groups is 1. The molecule has 1 fully saturated rings. The van der Waals surface area contributed by atoms with Gasteiger partial charge < -0.3 is 60.1 Å². The molecule has 9 N–H and O–H groups in total. The molecular formula is C53H70N9O16P3. The molecule has 25 nitrogen and oxygen atoms in total. The van der Waals surface area contributed by atoms with Crippen LogP contribution in [0.2, 0.25) is 0 Å². The van der Waals surface area contributed by atoms with Crippen LogP contribution in [0.1, 0.15) is 144 Å². The summed E-state index contributed by atoms with van der Waals surface area (Å²) >= 11 is 0. The summed E-state index contributed by atoms with van der Waals surface area (Å²) in [6, 6.07) is 16.5. The van der Waals surface area contributed by atoms with Crippen molar-refractivity contribution in [1.82, 2.24) is 29.7 Å². The average molecular weight is 1180 g/mol. The molecule has 5 aromatic rings. The topological polar surface area (TPSA) is 353 Å². The number of aliphatic hydroxyl groups is 2. The second-order valence-electron chi connectivity index (χ2n) is 22.6. The Labute approximate surface area is 467 Å². The van der Waals surface area contributed by atoms with Gasteiger partial charge in [0.1, 0.15) is 36.1 Å². The number of nitrogens with zero attached hydrogens (tertiary/aromatic N) is 5. The number of aliphatic hydroxyl groups excluding tert-OH is 2. The predicted octanol–water partition coefficient (Wildman–Crippen LogP) is 3.83. The minimum absolute atomic E-state index is 0.0855. The van der Waals surface area contributed by atoms with Crippen molar-refractivity contribution >= 4 is 63.5 Å².